The zero-order valence-corrected chi connectivity index (χ0v) is 53.2. The first-order valence-corrected chi connectivity index (χ1v) is 31.6. The molecule has 0 spiro atoms. The topological polar surface area (TPSA) is 258 Å². The number of aryl methyl sites for hydroxylation is 3. The van der Waals surface area contributed by atoms with Gasteiger partial charge in [-0.2, -0.15) is 13.2 Å². The van der Waals surface area contributed by atoms with Crippen molar-refractivity contribution >= 4 is 88.4 Å². The van der Waals surface area contributed by atoms with E-state index in [0.29, 0.717) is 62.1 Å². The molecule has 470 valence electrons. The molecule has 20 nitrogen and oxygen atoms in total. The van der Waals surface area contributed by atoms with E-state index in [4.69, 9.17) is 68.5 Å². The highest BCUT2D eigenvalue weighted by Crippen LogP contribution is 2.35. The van der Waals surface area contributed by atoms with Crippen LogP contribution in [0.5, 0.6) is 17.2 Å². The van der Waals surface area contributed by atoms with Crippen molar-refractivity contribution in [1.82, 2.24) is 14.5 Å². The molecule has 4 aromatic carbocycles. The number of nitrogens with one attached hydrogen (secondary N) is 1. The van der Waals surface area contributed by atoms with Crippen LogP contribution in [-0.4, -0.2) is 131 Å². The van der Waals surface area contributed by atoms with Crippen LogP contribution in [0.4, 0.5) is 24.5 Å². The summed E-state index contributed by atoms with van der Waals surface area (Å²) in [6.07, 6.45) is 1.84. The number of hydrogen-bond acceptors (Lipinski definition) is 14. The van der Waals surface area contributed by atoms with E-state index >= 15 is 0 Å². The number of halogens is 6. The quantitative estimate of drug-likeness (QED) is 0.0306. The summed E-state index contributed by atoms with van der Waals surface area (Å²) in [6, 6.07) is 25.0. The molecule has 1 aliphatic rings. The Morgan fingerprint density at radius 1 is 0.941 bits per heavy atom. The van der Waals surface area contributed by atoms with Crippen molar-refractivity contribution in [1.29, 1.82) is 0 Å². The molecule has 85 heavy (non-hydrogen) atoms. The third-order valence-electron chi connectivity index (χ3n) is 11.7. The zero-order valence-electron chi connectivity index (χ0n) is 49.2. The fraction of sp³-hybridized carbons (Fsp3) is 0.439. The van der Waals surface area contributed by atoms with Crippen LogP contribution in [0.2, 0.25) is 0 Å². The van der Waals surface area contributed by atoms with E-state index in [1.807, 2.05) is 87.6 Å². The molecule has 6 rings (SSSR count). The molecule has 28 heteroatoms. The maximum atomic E-state index is 13.1. The number of ether oxygens (including phenoxy) is 5. The molecule has 0 saturated carbocycles. The van der Waals surface area contributed by atoms with Crippen LogP contribution in [0.1, 0.15) is 62.6 Å². The second kappa shape index (κ2) is 36.2. The van der Waals surface area contributed by atoms with Crippen molar-refractivity contribution < 1.29 is 75.5 Å². The molecule has 3 N–H and O–H groups in total. The fourth-order valence-corrected chi connectivity index (χ4v) is 8.54. The molecule has 2 amide bonds. The molecule has 0 saturated heterocycles. The monoisotopic (exact) mass is 1290 g/mol. The first-order chi connectivity index (χ1) is 39.8. The lowest BCUT2D eigenvalue weighted by Gasteiger charge is -2.35. The number of esters is 1. The number of benzene rings is 4. The summed E-state index contributed by atoms with van der Waals surface area (Å²) >= 11 is 17.0. The number of alkyl halides is 6. The number of carboxylic acid groups (broad SMARTS) is 1. The third kappa shape index (κ3) is 24.3. The van der Waals surface area contributed by atoms with E-state index in [1.54, 1.807) is 23.8 Å². The van der Waals surface area contributed by atoms with Crippen molar-refractivity contribution in [2.45, 2.75) is 90.2 Å². The standard InChI is InChI=1S/C25H25F3N2O6.C15H22ClNO2.C11H11Cl2NO2.C3H8NO5P.C3H9S/c1-5-16-6-7-17(20(12-16)36-15(2)23(32)34-4)14-35-19-10-8-18(9-11-19)30-22(31)13-21(25(26,27)28)29(3)24(30)33;1-5-13-8-6-7-11(2)15(13)17(14(18)9-16)12(3)10-19-4;1-7-6-16-9-5-3-2-4-8(9)14(7)11(15)10(12)13;5-3(6)1-4-2-10(7,8)9;1-4(2)3/h6-13,15H,5,14H2,1-4H3;6-8,12H,5,9-10H2,1-4H3;2-5,7,10H,6H2,1H3;4H,1-2H2,(H,5,6)(H2,7,8,9);1-3H3/q;;;;+1/p-1. The van der Waals surface area contributed by atoms with Crippen LogP contribution in [-0.2, 0) is 76.8 Å². The van der Waals surface area contributed by atoms with Crippen molar-refractivity contribution in [3.8, 4) is 22.9 Å². The van der Waals surface area contributed by atoms with E-state index < -0.39 is 66.4 Å². The van der Waals surface area contributed by atoms with Gasteiger partial charge in [0.2, 0.25) is 5.91 Å². The minimum atomic E-state index is -4.84. The molecule has 0 aliphatic carbocycles. The number of aliphatic carboxylic acids is 1. The van der Waals surface area contributed by atoms with Gasteiger partial charge in [0.15, 0.2) is 10.9 Å². The minimum absolute atomic E-state index is 0.0223. The highest BCUT2D eigenvalue weighted by atomic mass is 35.5. The summed E-state index contributed by atoms with van der Waals surface area (Å²) in [7, 11) is 0.148. The molecule has 5 aromatic rings. The van der Waals surface area contributed by atoms with Crippen molar-refractivity contribution in [2.75, 3.05) is 74.7 Å². The number of amides is 2. The van der Waals surface area contributed by atoms with Crippen molar-refractivity contribution in [3.05, 3.63) is 140 Å². The Morgan fingerprint density at radius 3 is 2.09 bits per heavy atom. The number of rotatable bonds is 19. The highest BCUT2D eigenvalue weighted by molar-refractivity contribution is 7.94. The average Bonchev–Trinajstić information content (AvgIpc) is 2.14. The number of aromatic nitrogens is 2. The van der Waals surface area contributed by atoms with Crippen molar-refractivity contribution in [2.24, 2.45) is 7.05 Å². The molecule has 0 radical (unpaired) electrons. The van der Waals surface area contributed by atoms with Crippen molar-refractivity contribution in [3.63, 3.8) is 0 Å². The Labute approximate surface area is 510 Å². The lowest BCUT2D eigenvalue weighted by atomic mass is 10.0. The molecular formula is C57H74Cl3F3N5O15PS. The summed E-state index contributed by atoms with van der Waals surface area (Å²) < 4.78 is 77.1. The van der Waals surface area contributed by atoms with Gasteiger partial charge in [0.25, 0.3) is 11.5 Å². The number of carboxylic acids is 1. The number of para-hydroxylation sites is 3. The van der Waals surface area contributed by atoms with Gasteiger partial charge in [-0.15, -0.1) is 11.6 Å². The number of carbonyl (C=O) groups excluding carboxylic acids is 3. The Bertz CT molecular complexity index is 3150. The molecule has 4 atom stereocenters. The first-order valence-electron chi connectivity index (χ1n) is 26.0. The maximum absolute atomic E-state index is 13.1. The second-order valence-corrected chi connectivity index (χ2v) is 24.4. The number of anilines is 2. The van der Waals surface area contributed by atoms with Gasteiger partial charge in [-0.05, 0) is 111 Å². The molecule has 0 fully saturated rings. The smallest absolute Gasteiger partial charge is 0.431 e. The fourth-order valence-electron chi connectivity index (χ4n) is 7.81. The number of methoxy groups -OCH3 is 2. The number of nitrogens with zero attached hydrogens (tertiary/aromatic N) is 4. The van der Waals surface area contributed by atoms with Crippen LogP contribution < -0.4 is 45.5 Å². The lowest BCUT2D eigenvalue weighted by Crippen LogP contribution is -2.47. The van der Waals surface area contributed by atoms with Gasteiger partial charge in [-0.1, -0.05) is 79.5 Å². The molecule has 0 bridgehead atoms. The summed E-state index contributed by atoms with van der Waals surface area (Å²) in [5.74, 6) is -0.598. The van der Waals surface area contributed by atoms with Gasteiger partial charge in [0, 0.05) is 25.8 Å². The van der Waals surface area contributed by atoms with Crippen LogP contribution in [0.3, 0.4) is 0 Å². The zero-order chi connectivity index (χ0) is 64.5. The van der Waals surface area contributed by atoms with E-state index in [2.05, 4.69) is 31.8 Å². The van der Waals surface area contributed by atoms with Crippen LogP contribution in [0.15, 0.2) is 101 Å². The summed E-state index contributed by atoms with van der Waals surface area (Å²) in [6.45, 7) is 12.1. The third-order valence-corrected chi connectivity index (χ3v) is 12.9. The average molecular weight is 1300 g/mol. The lowest BCUT2D eigenvalue weighted by molar-refractivity contribution is -0.193. The largest absolute Gasteiger partial charge is 0.778 e. The Morgan fingerprint density at radius 2 is 1.56 bits per heavy atom. The molecule has 4 unspecified atom stereocenters. The normalized spacial score (nSPS) is 13.9. The summed E-state index contributed by atoms with van der Waals surface area (Å²) in [5.41, 5.74) is 2.13. The summed E-state index contributed by atoms with van der Waals surface area (Å²) in [5, 5.41) is 9.97. The van der Waals surface area contributed by atoms with E-state index in [-0.39, 0.29) is 42.1 Å². The number of hydrogen-bond donors (Lipinski definition) is 3. The Balaban J connectivity index is 0.000000420. The maximum Gasteiger partial charge on any atom is 0.431 e. The van der Waals surface area contributed by atoms with E-state index in [1.165, 1.54) is 31.4 Å². The molecule has 2 heterocycles. The molecule has 1 aliphatic heterocycles. The number of fused-ring (bicyclic) bond motifs is 1. The Kier molecular flexibility index (Phi) is 31.9. The minimum Gasteiger partial charge on any atom is -0.778 e. The van der Waals surface area contributed by atoms with Gasteiger partial charge in [-0.3, -0.25) is 29.1 Å². The van der Waals surface area contributed by atoms with Gasteiger partial charge in [-0.25, -0.2) is 14.2 Å². The number of carbonyl (C=O) groups is 4. The van der Waals surface area contributed by atoms with Gasteiger partial charge < -0.3 is 52.9 Å². The predicted molar refractivity (Wildman–Crippen MR) is 324 cm³/mol. The molecular weight excluding hydrogens is 1220 g/mol. The van der Waals surface area contributed by atoms with Crippen LogP contribution in [0.25, 0.3) is 5.69 Å². The second-order valence-electron chi connectivity index (χ2n) is 19.0. The predicted octanol–water partition coefficient (Wildman–Crippen LogP) is 8.06. The van der Waals surface area contributed by atoms with Crippen LogP contribution >= 0.6 is 42.4 Å². The first kappa shape index (κ1) is 75.0. The molecule has 1 aromatic heterocycles. The van der Waals surface area contributed by atoms with Crippen LogP contribution in [0, 0.1) is 6.92 Å². The van der Waals surface area contributed by atoms with Gasteiger partial charge >= 0.3 is 23.8 Å². The summed E-state index contributed by atoms with van der Waals surface area (Å²) in [4.78, 5) is 90.6. The Hall–Kier alpha value is -6.08. The van der Waals surface area contributed by atoms with E-state index in [9.17, 15) is 51.4 Å². The van der Waals surface area contributed by atoms with E-state index in [0.717, 1.165) is 48.0 Å². The SMILES string of the molecule is CC1COc2ccccc2N1C(=O)C(Cl)Cl.CCc1ccc(COc2ccc(-n3c(=O)cc(C(F)(F)F)n(C)c3=O)cc2)c(OC(C)C(=O)OC)c1.CCc1cccc(C)c1N(C(=O)CCl)C(C)COC.C[S+](C)C.O=C(O)CNCP(=O)([O-])O. The highest BCUT2D eigenvalue weighted by Gasteiger charge is 2.35. The van der Waals surface area contributed by atoms with Gasteiger partial charge in [0.1, 0.15) is 49.6 Å². The van der Waals surface area contributed by atoms with Gasteiger partial charge in [0.05, 0.1) is 74.5 Å².